The molecule has 0 aliphatic rings. The highest BCUT2D eigenvalue weighted by molar-refractivity contribution is 7.89. The summed E-state index contributed by atoms with van der Waals surface area (Å²) in [4.78, 5) is 5.92. The molecule has 0 amide bonds. The molecular weight excluding hydrogens is 446 g/mol. The second kappa shape index (κ2) is 10.9. The smallest absolute Gasteiger partial charge is 0.242 e. The highest BCUT2D eigenvalue weighted by Crippen LogP contribution is 2.25. The fraction of sp³-hybridized carbons (Fsp3) is 0.348. The Labute approximate surface area is 193 Å². The van der Waals surface area contributed by atoms with E-state index in [4.69, 9.17) is 14.5 Å². The third-order valence-corrected chi connectivity index (χ3v) is 7.48. The van der Waals surface area contributed by atoms with Gasteiger partial charge in [-0.25, -0.2) is 17.7 Å². The number of ether oxygens (including phenoxy) is 2. The summed E-state index contributed by atoms with van der Waals surface area (Å²) in [5, 5.41) is 2.02. The van der Waals surface area contributed by atoms with E-state index in [9.17, 15) is 8.42 Å². The van der Waals surface area contributed by atoms with Crippen LogP contribution in [0.4, 0.5) is 5.69 Å². The number of benzene rings is 2. The molecule has 0 saturated heterocycles. The molecular formula is C23H29N3O4S2. The summed E-state index contributed by atoms with van der Waals surface area (Å²) in [5.41, 5.74) is 2.58. The number of aromatic nitrogens is 1. The molecule has 32 heavy (non-hydrogen) atoms. The van der Waals surface area contributed by atoms with Crippen LogP contribution in [-0.2, 0) is 21.3 Å². The van der Waals surface area contributed by atoms with Crippen LogP contribution in [-0.4, -0.2) is 51.7 Å². The number of thiazole rings is 1. The first-order chi connectivity index (χ1) is 15.4. The van der Waals surface area contributed by atoms with Crippen LogP contribution in [0.2, 0.25) is 0 Å². The first-order valence-electron chi connectivity index (χ1n) is 10.3. The number of hydrogen-bond donors (Lipinski definition) is 0. The van der Waals surface area contributed by atoms with Gasteiger partial charge in [0.25, 0.3) is 0 Å². The Kier molecular flexibility index (Phi) is 8.25. The van der Waals surface area contributed by atoms with Crippen molar-refractivity contribution in [1.82, 2.24) is 8.87 Å². The maximum absolute atomic E-state index is 12.6. The van der Waals surface area contributed by atoms with E-state index in [1.54, 1.807) is 25.3 Å². The lowest BCUT2D eigenvalue weighted by Gasteiger charge is -2.13. The Bertz CT molecular complexity index is 1200. The average Bonchev–Trinajstić information content (AvgIpc) is 3.18. The van der Waals surface area contributed by atoms with Crippen LogP contribution in [0.25, 0.3) is 11.3 Å². The maximum Gasteiger partial charge on any atom is 0.242 e. The summed E-state index contributed by atoms with van der Waals surface area (Å²) in [6, 6.07) is 14.7. The van der Waals surface area contributed by atoms with Crippen molar-refractivity contribution >= 4 is 27.0 Å². The van der Waals surface area contributed by atoms with Gasteiger partial charge in [0, 0.05) is 45.3 Å². The van der Waals surface area contributed by atoms with E-state index in [2.05, 4.69) is 4.57 Å². The molecule has 0 fully saturated rings. The molecule has 9 heteroatoms. The van der Waals surface area contributed by atoms with Gasteiger partial charge in [0.05, 0.1) is 22.9 Å². The molecule has 0 aliphatic carbocycles. The molecule has 0 N–H and O–H groups in total. The third kappa shape index (κ3) is 5.66. The predicted octanol–water partition coefficient (Wildman–Crippen LogP) is 4.13. The van der Waals surface area contributed by atoms with Gasteiger partial charge in [-0.05, 0) is 49.7 Å². The normalized spacial score (nSPS) is 12.5. The fourth-order valence-corrected chi connectivity index (χ4v) is 5.06. The third-order valence-electron chi connectivity index (χ3n) is 4.81. The lowest BCUT2D eigenvalue weighted by molar-refractivity contribution is 0.190. The van der Waals surface area contributed by atoms with Gasteiger partial charge in [-0.3, -0.25) is 0 Å². The largest absolute Gasteiger partial charge is 0.494 e. The topological polar surface area (TPSA) is 73.1 Å². The quantitative estimate of drug-likeness (QED) is 0.413. The zero-order chi connectivity index (χ0) is 23.1. The van der Waals surface area contributed by atoms with Crippen molar-refractivity contribution in [3.63, 3.8) is 0 Å². The van der Waals surface area contributed by atoms with Crippen LogP contribution in [0.1, 0.15) is 13.3 Å². The number of rotatable bonds is 10. The van der Waals surface area contributed by atoms with Crippen LogP contribution in [0.15, 0.2) is 63.8 Å². The minimum Gasteiger partial charge on any atom is -0.494 e. The molecule has 3 rings (SSSR count). The first kappa shape index (κ1) is 24.2. The van der Waals surface area contributed by atoms with Gasteiger partial charge in [0.15, 0.2) is 4.80 Å². The van der Waals surface area contributed by atoms with Crippen molar-refractivity contribution in [1.29, 1.82) is 0 Å². The summed E-state index contributed by atoms with van der Waals surface area (Å²) < 4.78 is 39.3. The van der Waals surface area contributed by atoms with Crippen molar-refractivity contribution in [3.05, 3.63) is 58.7 Å². The van der Waals surface area contributed by atoms with Gasteiger partial charge >= 0.3 is 0 Å². The van der Waals surface area contributed by atoms with E-state index in [1.807, 2.05) is 42.6 Å². The highest BCUT2D eigenvalue weighted by Gasteiger charge is 2.18. The molecule has 0 saturated carbocycles. The van der Waals surface area contributed by atoms with E-state index in [-0.39, 0.29) is 4.90 Å². The number of sulfonamides is 1. The lowest BCUT2D eigenvalue weighted by atomic mass is 10.2. The molecule has 0 spiro atoms. The summed E-state index contributed by atoms with van der Waals surface area (Å²) >= 11 is 1.52. The summed E-state index contributed by atoms with van der Waals surface area (Å²) in [5.74, 6) is 0.810. The van der Waals surface area contributed by atoms with Gasteiger partial charge in [-0.2, -0.15) is 0 Å². The zero-order valence-corrected chi connectivity index (χ0v) is 20.4. The van der Waals surface area contributed by atoms with E-state index in [0.717, 1.165) is 33.9 Å². The minimum absolute atomic E-state index is 0.264. The lowest BCUT2D eigenvalue weighted by Crippen LogP contribution is -2.22. The van der Waals surface area contributed by atoms with Crippen LogP contribution >= 0.6 is 11.3 Å². The van der Waals surface area contributed by atoms with Gasteiger partial charge in [0.2, 0.25) is 10.0 Å². The number of nitrogens with zero attached hydrogens (tertiary/aromatic N) is 3. The van der Waals surface area contributed by atoms with E-state index >= 15 is 0 Å². The second-order valence-electron chi connectivity index (χ2n) is 7.26. The summed E-state index contributed by atoms with van der Waals surface area (Å²) in [6.07, 6.45) is 0.812. The fourth-order valence-electron chi connectivity index (χ4n) is 3.15. The maximum atomic E-state index is 12.6. The Morgan fingerprint density at radius 3 is 2.53 bits per heavy atom. The molecule has 0 atom stereocenters. The van der Waals surface area contributed by atoms with Gasteiger partial charge < -0.3 is 14.0 Å². The SMILES string of the molecule is CCOc1ccc(N=c2scc(-c3cccc(S(=O)(=O)N(C)C)c3)n2CCCOC)cc1. The molecule has 3 aromatic rings. The Morgan fingerprint density at radius 1 is 1.12 bits per heavy atom. The summed E-state index contributed by atoms with van der Waals surface area (Å²) in [6.45, 7) is 3.90. The molecule has 0 bridgehead atoms. The van der Waals surface area contributed by atoms with Crippen LogP contribution in [0.5, 0.6) is 5.75 Å². The molecule has 7 nitrogen and oxygen atoms in total. The molecule has 0 unspecified atom stereocenters. The molecule has 1 heterocycles. The van der Waals surface area contributed by atoms with E-state index < -0.39 is 10.0 Å². The molecule has 0 radical (unpaired) electrons. The van der Waals surface area contributed by atoms with Gasteiger partial charge in [-0.15, -0.1) is 11.3 Å². The van der Waals surface area contributed by atoms with Crippen molar-refractivity contribution in [2.24, 2.45) is 4.99 Å². The molecule has 1 aromatic heterocycles. The van der Waals surface area contributed by atoms with E-state index in [1.165, 1.54) is 29.7 Å². The first-order valence-corrected chi connectivity index (χ1v) is 12.7. The number of hydrogen-bond acceptors (Lipinski definition) is 6. The molecule has 2 aromatic carbocycles. The Balaban J connectivity index is 2.05. The standard InChI is InChI=1S/C23H29N3O4S2/c1-5-30-20-12-10-19(11-13-20)24-23-26(14-7-15-29-4)22(17-31-23)18-8-6-9-21(16-18)32(27,28)25(2)3/h6,8-13,16-17H,5,7,14-15H2,1-4H3. The van der Waals surface area contributed by atoms with Crippen LogP contribution in [0.3, 0.4) is 0 Å². The zero-order valence-electron chi connectivity index (χ0n) is 18.8. The highest BCUT2D eigenvalue weighted by atomic mass is 32.2. The predicted molar refractivity (Wildman–Crippen MR) is 128 cm³/mol. The Morgan fingerprint density at radius 2 is 1.88 bits per heavy atom. The minimum atomic E-state index is -3.52. The van der Waals surface area contributed by atoms with Crippen LogP contribution in [0, 0.1) is 0 Å². The summed E-state index contributed by atoms with van der Waals surface area (Å²) in [7, 11) is 1.23. The number of methoxy groups -OCH3 is 1. The van der Waals surface area contributed by atoms with E-state index in [0.29, 0.717) is 19.8 Å². The van der Waals surface area contributed by atoms with Crippen LogP contribution < -0.4 is 9.54 Å². The van der Waals surface area contributed by atoms with Crippen molar-refractivity contribution < 1.29 is 17.9 Å². The average molecular weight is 476 g/mol. The van der Waals surface area contributed by atoms with Crippen molar-refractivity contribution in [2.75, 3.05) is 34.4 Å². The Hall–Kier alpha value is -2.46. The monoisotopic (exact) mass is 475 g/mol. The molecule has 172 valence electrons. The molecule has 0 aliphatic heterocycles. The van der Waals surface area contributed by atoms with Gasteiger partial charge in [0.1, 0.15) is 5.75 Å². The van der Waals surface area contributed by atoms with Crippen molar-refractivity contribution in [3.8, 4) is 17.0 Å². The second-order valence-corrected chi connectivity index (χ2v) is 10.2. The van der Waals surface area contributed by atoms with Gasteiger partial charge in [-0.1, -0.05) is 12.1 Å². The van der Waals surface area contributed by atoms with Crippen molar-refractivity contribution in [2.45, 2.75) is 24.8 Å².